The van der Waals surface area contributed by atoms with Gasteiger partial charge < -0.3 is 9.47 Å². The Hall–Kier alpha value is -2.12. The fourth-order valence-corrected chi connectivity index (χ4v) is 5.35. The number of hydrogen-bond donors (Lipinski definition) is 0. The molecule has 1 aliphatic heterocycles. The third kappa shape index (κ3) is 4.32. The molecule has 0 spiro atoms. The van der Waals surface area contributed by atoms with Gasteiger partial charge in [-0.1, -0.05) is 36.4 Å². The molecular weight excluding hydrogens is 423 g/mol. The van der Waals surface area contributed by atoms with Crippen molar-refractivity contribution in [2.75, 3.05) is 6.54 Å². The fourth-order valence-electron chi connectivity index (χ4n) is 4.00. The molecule has 1 aromatic carbocycles. The molecule has 30 heavy (non-hydrogen) atoms. The first-order chi connectivity index (χ1) is 14.6. The highest BCUT2D eigenvalue weighted by molar-refractivity contribution is 7.98. The van der Waals surface area contributed by atoms with Crippen LogP contribution >= 0.6 is 23.4 Å². The first-order valence-electron chi connectivity index (χ1n) is 10.2. The Kier molecular flexibility index (Phi) is 6.58. The van der Waals surface area contributed by atoms with Gasteiger partial charge in [-0.2, -0.15) is 0 Å². The molecule has 3 heterocycles. The maximum atomic E-state index is 14.2. The number of rotatable bonds is 6. The number of amides is 1. The smallest absolute Gasteiger partial charge is 0.242 e. The summed E-state index contributed by atoms with van der Waals surface area (Å²) in [6.45, 7) is 3.13. The molecule has 0 N–H and O–H groups in total. The summed E-state index contributed by atoms with van der Waals surface area (Å²) in [6.07, 6.45) is 7.64. The van der Waals surface area contributed by atoms with Crippen molar-refractivity contribution >= 4 is 40.3 Å². The number of imidazole rings is 1. The lowest BCUT2D eigenvalue weighted by Crippen LogP contribution is -2.44. The minimum Gasteiger partial charge on any atom is -0.338 e. The van der Waals surface area contributed by atoms with Crippen molar-refractivity contribution in [3.05, 3.63) is 53.1 Å². The number of halogens is 2. The molecule has 1 atom stereocenters. The van der Waals surface area contributed by atoms with Crippen LogP contribution in [-0.2, 0) is 17.1 Å². The van der Waals surface area contributed by atoms with Crippen molar-refractivity contribution in [1.29, 1.82) is 0 Å². The topological polar surface area (TPSA) is 51.0 Å². The number of nitrogens with zero attached hydrogens (tertiary/aromatic N) is 4. The summed E-state index contributed by atoms with van der Waals surface area (Å²) in [5.74, 6) is 0.0857. The van der Waals surface area contributed by atoms with Crippen molar-refractivity contribution in [3.63, 3.8) is 0 Å². The van der Waals surface area contributed by atoms with Crippen molar-refractivity contribution in [2.45, 2.75) is 56.1 Å². The Morgan fingerprint density at radius 2 is 2.20 bits per heavy atom. The van der Waals surface area contributed by atoms with Crippen LogP contribution < -0.4 is 0 Å². The summed E-state index contributed by atoms with van der Waals surface area (Å²) < 4.78 is 16.1. The molecule has 8 heteroatoms. The van der Waals surface area contributed by atoms with E-state index in [2.05, 4.69) is 16.9 Å². The van der Waals surface area contributed by atoms with E-state index in [-0.39, 0.29) is 18.3 Å². The molecule has 1 aliphatic rings. The van der Waals surface area contributed by atoms with Gasteiger partial charge >= 0.3 is 0 Å². The number of carbonyl (C=O) groups is 1. The van der Waals surface area contributed by atoms with E-state index in [9.17, 15) is 9.18 Å². The van der Waals surface area contributed by atoms with Gasteiger partial charge in [-0.25, -0.2) is 9.37 Å². The van der Waals surface area contributed by atoms with Crippen LogP contribution in [0.3, 0.4) is 0 Å². The minimum absolute atomic E-state index is 0.0930. The number of benzene rings is 1. The second-order valence-electron chi connectivity index (χ2n) is 7.48. The van der Waals surface area contributed by atoms with Crippen LogP contribution in [-0.4, -0.2) is 37.9 Å². The van der Waals surface area contributed by atoms with E-state index >= 15 is 0 Å². The van der Waals surface area contributed by atoms with Gasteiger partial charge in [0, 0.05) is 35.1 Å². The Morgan fingerprint density at radius 3 is 3.00 bits per heavy atom. The highest BCUT2D eigenvalue weighted by Crippen LogP contribution is 2.31. The molecule has 0 aliphatic carbocycles. The fraction of sp³-hybridized carbons (Fsp3) is 0.409. The quantitative estimate of drug-likeness (QED) is 0.481. The van der Waals surface area contributed by atoms with E-state index < -0.39 is 0 Å². The van der Waals surface area contributed by atoms with Crippen LogP contribution in [0, 0.1) is 5.82 Å². The molecule has 0 unspecified atom stereocenters. The summed E-state index contributed by atoms with van der Waals surface area (Å²) in [4.78, 5) is 24.1. The zero-order valence-electron chi connectivity index (χ0n) is 16.9. The van der Waals surface area contributed by atoms with Crippen LogP contribution in [0.5, 0.6) is 0 Å². The predicted molar refractivity (Wildman–Crippen MR) is 118 cm³/mol. The highest BCUT2D eigenvalue weighted by atomic mass is 35.5. The highest BCUT2D eigenvalue weighted by Gasteiger charge is 2.26. The predicted octanol–water partition coefficient (Wildman–Crippen LogP) is 5.31. The van der Waals surface area contributed by atoms with Gasteiger partial charge in [0.05, 0.1) is 17.2 Å². The Balaban J connectivity index is 1.61. The number of pyridine rings is 1. The van der Waals surface area contributed by atoms with E-state index in [1.165, 1.54) is 24.2 Å². The Morgan fingerprint density at radius 1 is 1.33 bits per heavy atom. The number of piperidine rings is 1. The second-order valence-corrected chi connectivity index (χ2v) is 8.83. The van der Waals surface area contributed by atoms with E-state index in [1.54, 1.807) is 24.5 Å². The van der Waals surface area contributed by atoms with Crippen LogP contribution in [0.1, 0.15) is 38.2 Å². The zero-order chi connectivity index (χ0) is 21.1. The van der Waals surface area contributed by atoms with Crippen LogP contribution in [0.4, 0.5) is 4.39 Å². The number of thioether (sulfide) groups is 1. The molecule has 2 aromatic heterocycles. The number of carbonyl (C=O) groups excluding carboxylic acids is 1. The number of likely N-dealkylation sites (tertiary alicyclic amines) is 1. The summed E-state index contributed by atoms with van der Waals surface area (Å²) >= 11 is 7.56. The average Bonchev–Trinajstić information content (AvgIpc) is 3.10. The lowest BCUT2D eigenvalue weighted by molar-refractivity contribution is -0.135. The van der Waals surface area contributed by atoms with E-state index in [0.717, 1.165) is 36.8 Å². The third-order valence-electron chi connectivity index (χ3n) is 5.63. The molecule has 0 radical (unpaired) electrons. The van der Waals surface area contributed by atoms with Crippen LogP contribution in [0.15, 0.2) is 41.8 Å². The van der Waals surface area contributed by atoms with Crippen molar-refractivity contribution in [3.8, 4) is 0 Å². The Bertz CT molecular complexity index is 1040. The zero-order valence-corrected chi connectivity index (χ0v) is 18.4. The molecule has 5 nitrogen and oxygen atoms in total. The number of aromatic nitrogens is 3. The average molecular weight is 447 g/mol. The molecular formula is C22H24ClFN4OS. The van der Waals surface area contributed by atoms with Gasteiger partial charge in [0.15, 0.2) is 5.16 Å². The monoisotopic (exact) mass is 446 g/mol. The normalized spacial score (nSPS) is 16.9. The standard InChI is InChI=1S/C22H24ClFN4OS/c1-2-15-6-3-4-11-27(15)21(29)13-28-20-12-25-10-9-19(20)26-22(28)30-14-16-17(23)7-5-8-18(16)24/h5,7-10,12,15H,2-4,6,11,13-14H2,1H3/t15-/m0/s1. The van der Waals surface area contributed by atoms with E-state index in [1.807, 2.05) is 15.5 Å². The van der Waals surface area contributed by atoms with Gasteiger partial charge in [-0.05, 0) is 43.9 Å². The molecule has 158 valence electrons. The van der Waals surface area contributed by atoms with Crippen molar-refractivity contribution in [1.82, 2.24) is 19.4 Å². The molecule has 1 saturated heterocycles. The molecule has 0 saturated carbocycles. The van der Waals surface area contributed by atoms with Crippen LogP contribution in [0.25, 0.3) is 11.0 Å². The molecule has 1 amide bonds. The lowest BCUT2D eigenvalue weighted by atomic mass is 10.00. The van der Waals surface area contributed by atoms with Gasteiger partial charge in [0.2, 0.25) is 5.91 Å². The van der Waals surface area contributed by atoms with Crippen LogP contribution in [0.2, 0.25) is 5.02 Å². The first kappa shape index (κ1) is 21.1. The number of hydrogen-bond acceptors (Lipinski definition) is 4. The van der Waals surface area contributed by atoms with Gasteiger partial charge in [-0.15, -0.1) is 0 Å². The SMILES string of the molecule is CC[C@H]1CCCCN1C(=O)Cn1c(SCc2c(F)cccc2Cl)nc2ccncc21. The summed E-state index contributed by atoms with van der Waals surface area (Å²) in [5.41, 5.74) is 2.01. The summed E-state index contributed by atoms with van der Waals surface area (Å²) in [7, 11) is 0. The third-order valence-corrected chi connectivity index (χ3v) is 6.99. The molecule has 1 fully saturated rings. The first-order valence-corrected chi connectivity index (χ1v) is 11.6. The van der Waals surface area contributed by atoms with Crippen molar-refractivity contribution < 1.29 is 9.18 Å². The lowest BCUT2D eigenvalue weighted by Gasteiger charge is -2.35. The van der Waals surface area contributed by atoms with Crippen molar-refractivity contribution in [2.24, 2.45) is 0 Å². The second kappa shape index (κ2) is 9.35. The van der Waals surface area contributed by atoms with E-state index in [0.29, 0.717) is 27.5 Å². The number of fused-ring (bicyclic) bond motifs is 1. The molecule has 0 bridgehead atoms. The summed E-state index contributed by atoms with van der Waals surface area (Å²) in [6, 6.07) is 6.80. The van der Waals surface area contributed by atoms with E-state index in [4.69, 9.17) is 11.6 Å². The maximum absolute atomic E-state index is 14.2. The van der Waals surface area contributed by atoms with Gasteiger partial charge in [0.25, 0.3) is 0 Å². The maximum Gasteiger partial charge on any atom is 0.242 e. The molecule has 4 rings (SSSR count). The minimum atomic E-state index is -0.338. The summed E-state index contributed by atoms with van der Waals surface area (Å²) in [5, 5.41) is 1.05. The largest absolute Gasteiger partial charge is 0.338 e. The Labute approximate surface area is 184 Å². The van der Waals surface area contributed by atoms with Gasteiger partial charge in [-0.3, -0.25) is 9.78 Å². The van der Waals surface area contributed by atoms with Gasteiger partial charge in [0.1, 0.15) is 12.4 Å². The molecule has 3 aromatic rings.